The monoisotopic (exact) mass is 284 g/mol. The van der Waals surface area contributed by atoms with E-state index < -0.39 is 0 Å². The molecular formula is C17H20N2O2. The number of rotatable bonds is 5. The molecule has 4 heteroatoms. The van der Waals surface area contributed by atoms with E-state index in [-0.39, 0.29) is 5.56 Å². The third-order valence-electron chi connectivity index (χ3n) is 3.70. The van der Waals surface area contributed by atoms with Crippen LogP contribution in [0.2, 0.25) is 0 Å². The number of hydrogen-bond donors (Lipinski definition) is 1. The van der Waals surface area contributed by atoms with Crippen LogP contribution in [0, 0.1) is 0 Å². The van der Waals surface area contributed by atoms with Crippen LogP contribution in [0.25, 0.3) is 0 Å². The summed E-state index contributed by atoms with van der Waals surface area (Å²) in [5.74, 6) is 1.01. The van der Waals surface area contributed by atoms with E-state index in [0.717, 1.165) is 44.0 Å². The van der Waals surface area contributed by atoms with Crippen LogP contribution in [-0.2, 0) is 19.5 Å². The average Bonchev–Trinajstić information content (AvgIpc) is 2.96. The number of ether oxygens (including phenoxy) is 1. The zero-order valence-electron chi connectivity index (χ0n) is 12.3. The Hall–Kier alpha value is -2.23. The first-order valence-electron chi connectivity index (χ1n) is 7.45. The first-order valence-corrected chi connectivity index (χ1v) is 7.45. The fourth-order valence-electron chi connectivity index (χ4n) is 2.61. The largest absolute Gasteiger partial charge is 0.493 e. The summed E-state index contributed by atoms with van der Waals surface area (Å²) in [5, 5.41) is 3.38. The Morgan fingerprint density at radius 1 is 1.29 bits per heavy atom. The number of anilines is 1. The second-order valence-electron chi connectivity index (χ2n) is 5.34. The molecule has 1 aromatic carbocycles. The average molecular weight is 284 g/mol. The molecule has 0 fully saturated rings. The van der Waals surface area contributed by atoms with Gasteiger partial charge in [0.15, 0.2) is 0 Å². The van der Waals surface area contributed by atoms with Crippen LogP contribution in [0.15, 0.2) is 41.3 Å². The highest BCUT2D eigenvalue weighted by molar-refractivity contribution is 5.44. The van der Waals surface area contributed by atoms with Crippen LogP contribution < -0.4 is 15.6 Å². The summed E-state index contributed by atoms with van der Waals surface area (Å²) in [6.07, 6.45) is 3.83. The molecule has 1 aliphatic heterocycles. The van der Waals surface area contributed by atoms with Crippen LogP contribution in [0.1, 0.15) is 24.5 Å². The van der Waals surface area contributed by atoms with Gasteiger partial charge in [-0.2, -0.15) is 0 Å². The Kier molecular flexibility index (Phi) is 3.95. The number of nitrogens with one attached hydrogen (secondary N) is 1. The van der Waals surface area contributed by atoms with Crippen molar-refractivity contribution in [3.63, 3.8) is 0 Å². The van der Waals surface area contributed by atoms with Crippen molar-refractivity contribution in [2.24, 2.45) is 0 Å². The van der Waals surface area contributed by atoms with Crippen LogP contribution in [0.5, 0.6) is 5.75 Å². The van der Waals surface area contributed by atoms with E-state index in [1.807, 2.05) is 18.3 Å². The van der Waals surface area contributed by atoms with Crippen molar-refractivity contribution in [3.8, 4) is 5.75 Å². The summed E-state index contributed by atoms with van der Waals surface area (Å²) >= 11 is 0. The molecule has 0 aliphatic carbocycles. The summed E-state index contributed by atoms with van der Waals surface area (Å²) in [7, 11) is 0. The summed E-state index contributed by atoms with van der Waals surface area (Å²) in [4.78, 5) is 11.7. The molecule has 0 spiro atoms. The van der Waals surface area contributed by atoms with Gasteiger partial charge < -0.3 is 14.6 Å². The highest BCUT2D eigenvalue weighted by Gasteiger charge is 2.11. The topological polar surface area (TPSA) is 43.3 Å². The molecule has 0 amide bonds. The molecule has 4 nitrogen and oxygen atoms in total. The van der Waals surface area contributed by atoms with Crippen LogP contribution in [0.3, 0.4) is 0 Å². The highest BCUT2D eigenvalue weighted by atomic mass is 16.5. The second-order valence-corrected chi connectivity index (χ2v) is 5.34. The van der Waals surface area contributed by atoms with Crippen molar-refractivity contribution >= 4 is 5.69 Å². The number of nitrogens with zero attached hydrogens (tertiary/aromatic N) is 1. The molecule has 0 atom stereocenters. The third kappa shape index (κ3) is 3.10. The van der Waals surface area contributed by atoms with Gasteiger partial charge in [0.05, 0.1) is 12.3 Å². The Labute approximate surface area is 124 Å². The second kappa shape index (κ2) is 6.04. The zero-order valence-corrected chi connectivity index (χ0v) is 12.3. The normalized spacial score (nSPS) is 12.8. The number of hydrogen-bond acceptors (Lipinski definition) is 3. The van der Waals surface area contributed by atoms with E-state index in [0.29, 0.717) is 0 Å². The maximum atomic E-state index is 11.7. The maximum absolute atomic E-state index is 11.7. The van der Waals surface area contributed by atoms with E-state index in [4.69, 9.17) is 4.74 Å². The summed E-state index contributed by atoms with van der Waals surface area (Å²) < 4.78 is 7.26. The van der Waals surface area contributed by atoms with Crippen LogP contribution in [0.4, 0.5) is 5.69 Å². The summed E-state index contributed by atoms with van der Waals surface area (Å²) in [6.45, 7) is 4.36. The van der Waals surface area contributed by atoms with Gasteiger partial charge in [-0.1, -0.05) is 19.1 Å². The van der Waals surface area contributed by atoms with E-state index in [9.17, 15) is 4.79 Å². The first-order chi connectivity index (χ1) is 10.3. The molecular weight excluding hydrogens is 264 g/mol. The standard InChI is InChI=1S/C17H20N2O2/c1-2-8-19-12-15(4-6-17(19)20)18-11-13-3-5-16-14(10-13)7-9-21-16/h3-6,10,12,18H,2,7-9,11H2,1H3. The predicted molar refractivity (Wildman–Crippen MR) is 84.0 cm³/mol. The number of pyridine rings is 1. The molecule has 0 bridgehead atoms. The molecule has 21 heavy (non-hydrogen) atoms. The van der Waals surface area contributed by atoms with Crippen molar-refractivity contribution in [1.29, 1.82) is 0 Å². The van der Waals surface area contributed by atoms with E-state index in [2.05, 4.69) is 24.4 Å². The van der Waals surface area contributed by atoms with Gasteiger partial charge in [-0.15, -0.1) is 0 Å². The Morgan fingerprint density at radius 2 is 2.19 bits per heavy atom. The van der Waals surface area contributed by atoms with Crippen molar-refractivity contribution in [2.75, 3.05) is 11.9 Å². The molecule has 1 aliphatic rings. The van der Waals surface area contributed by atoms with E-state index in [1.165, 1.54) is 11.1 Å². The maximum Gasteiger partial charge on any atom is 0.250 e. The minimum atomic E-state index is 0.0529. The molecule has 3 rings (SSSR count). The lowest BCUT2D eigenvalue weighted by Crippen LogP contribution is -2.18. The molecule has 2 aromatic rings. The van der Waals surface area contributed by atoms with Gasteiger partial charge in [0, 0.05) is 31.8 Å². The van der Waals surface area contributed by atoms with E-state index >= 15 is 0 Å². The lowest BCUT2D eigenvalue weighted by Gasteiger charge is -2.10. The van der Waals surface area contributed by atoms with Gasteiger partial charge in [0.25, 0.3) is 5.56 Å². The number of fused-ring (bicyclic) bond motifs is 1. The molecule has 110 valence electrons. The summed E-state index contributed by atoms with van der Waals surface area (Å²) in [5.41, 5.74) is 3.54. The smallest absolute Gasteiger partial charge is 0.250 e. The first kappa shape index (κ1) is 13.7. The van der Waals surface area contributed by atoms with Crippen LogP contribution >= 0.6 is 0 Å². The molecule has 1 N–H and O–H groups in total. The van der Waals surface area contributed by atoms with Crippen molar-refractivity contribution in [2.45, 2.75) is 32.9 Å². The van der Waals surface area contributed by atoms with Crippen molar-refractivity contribution in [3.05, 3.63) is 58.0 Å². The van der Waals surface area contributed by atoms with Gasteiger partial charge in [-0.3, -0.25) is 4.79 Å². The lowest BCUT2D eigenvalue weighted by atomic mass is 10.1. The third-order valence-corrected chi connectivity index (χ3v) is 3.70. The van der Waals surface area contributed by atoms with Crippen molar-refractivity contribution < 1.29 is 4.74 Å². The fourth-order valence-corrected chi connectivity index (χ4v) is 2.61. The zero-order chi connectivity index (χ0) is 14.7. The highest BCUT2D eigenvalue weighted by Crippen LogP contribution is 2.26. The predicted octanol–water partition coefficient (Wildman–Crippen LogP) is 2.81. The molecule has 2 heterocycles. The number of benzene rings is 1. The Morgan fingerprint density at radius 3 is 3.05 bits per heavy atom. The Bertz CT molecular complexity index is 691. The quantitative estimate of drug-likeness (QED) is 0.918. The lowest BCUT2D eigenvalue weighted by molar-refractivity contribution is 0.357. The van der Waals surface area contributed by atoms with Gasteiger partial charge >= 0.3 is 0 Å². The summed E-state index contributed by atoms with van der Waals surface area (Å²) in [6, 6.07) is 9.77. The van der Waals surface area contributed by atoms with Crippen molar-refractivity contribution in [1.82, 2.24) is 4.57 Å². The number of aryl methyl sites for hydroxylation is 1. The molecule has 0 saturated heterocycles. The Balaban J connectivity index is 1.70. The minimum absolute atomic E-state index is 0.0529. The van der Waals surface area contributed by atoms with Gasteiger partial charge in [0.1, 0.15) is 5.75 Å². The molecule has 1 aromatic heterocycles. The fraction of sp³-hybridized carbons (Fsp3) is 0.353. The SMILES string of the molecule is CCCn1cc(NCc2ccc3c(c2)CCO3)ccc1=O. The number of aromatic nitrogens is 1. The van der Waals surface area contributed by atoms with Gasteiger partial charge in [0.2, 0.25) is 0 Å². The van der Waals surface area contributed by atoms with Crippen LogP contribution in [-0.4, -0.2) is 11.2 Å². The van der Waals surface area contributed by atoms with Gasteiger partial charge in [-0.05, 0) is 29.7 Å². The molecule has 0 radical (unpaired) electrons. The van der Waals surface area contributed by atoms with E-state index in [1.54, 1.807) is 10.6 Å². The minimum Gasteiger partial charge on any atom is -0.493 e. The van der Waals surface area contributed by atoms with Gasteiger partial charge in [-0.25, -0.2) is 0 Å². The molecule has 0 unspecified atom stereocenters. The molecule has 0 saturated carbocycles.